The molecule has 1 aliphatic rings. The van der Waals surface area contributed by atoms with Gasteiger partial charge in [-0.15, -0.1) is 0 Å². The van der Waals surface area contributed by atoms with E-state index >= 15 is 0 Å². The smallest absolute Gasteiger partial charge is 0.228 e. The number of hydrogen-bond acceptors (Lipinski definition) is 3. The molecule has 2 rings (SSSR count). The van der Waals surface area contributed by atoms with Gasteiger partial charge in [0.15, 0.2) is 5.82 Å². The van der Waals surface area contributed by atoms with Crippen LogP contribution in [0.3, 0.4) is 0 Å². The molecule has 0 aromatic carbocycles. The van der Waals surface area contributed by atoms with E-state index in [0.717, 1.165) is 25.7 Å². The topological polar surface area (TPSA) is 81.6 Å². The summed E-state index contributed by atoms with van der Waals surface area (Å²) in [5.74, 6) is 0.569. The van der Waals surface area contributed by atoms with Gasteiger partial charge in [-0.1, -0.05) is 12.8 Å². The molecule has 0 spiro atoms. The second-order valence-corrected chi connectivity index (χ2v) is 3.75. The zero-order valence-electron chi connectivity index (χ0n) is 8.29. The second-order valence-electron chi connectivity index (χ2n) is 3.75. The molecule has 0 unspecified atom stereocenters. The molecule has 1 aromatic rings. The lowest BCUT2D eigenvalue weighted by molar-refractivity contribution is -0.119. The van der Waals surface area contributed by atoms with Gasteiger partial charge in [-0.05, 0) is 12.8 Å². The highest BCUT2D eigenvalue weighted by Gasteiger charge is 2.23. The summed E-state index contributed by atoms with van der Waals surface area (Å²) in [6, 6.07) is 3.46. The number of anilines is 1. The molecular weight excluding hydrogens is 192 g/mol. The Morgan fingerprint density at radius 3 is 2.93 bits per heavy atom. The van der Waals surface area contributed by atoms with E-state index in [-0.39, 0.29) is 11.8 Å². The van der Waals surface area contributed by atoms with Crippen molar-refractivity contribution in [3.8, 4) is 6.07 Å². The van der Waals surface area contributed by atoms with E-state index < -0.39 is 0 Å². The van der Waals surface area contributed by atoms with Crippen LogP contribution >= 0.6 is 0 Å². The summed E-state index contributed by atoms with van der Waals surface area (Å²) < 4.78 is 0. The quantitative estimate of drug-likeness (QED) is 0.764. The number of hydrogen-bond donors (Lipinski definition) is 2. The first kappa shape index (κ1) is 9.71. The first-order valence-corrected chi connectivity index (χ1v) is 5.06. The van der Waals surface area contributed by atoms with Crippen LogP contribution in [0.2, 0.25) is 0 Å². The molecule has 0 radical (unpaired) electrons. The number of amides is 1. The van der Waals surface area contributed by atoms with E-state index in [1.807, 2.05) is 6.07 Å². The van der Waals surface area contributed by atoms with Crippen molar-refractivity contribution in [1.82, 2.24) is 10.2 Å². The minimum absolute atomic E-state index is 0.0171. The fourth-order valence-electron chi connectivity index (χ4n) is 1.86. The van der Waals surface area contributed by atoms with Crippen LogP contribution in [-0.2, 0) is 4.79 Å². The van der Waals surface area contributed by atoms with Gasteiger partial charge in [0.05, 0.1) is 0 Å². The van der Waals surface area contributed by atoms with Gasteiger partial charge in [0.1, 0.15) is 11.8 Å². The SMILES string of the molecule is N#Cc1cc(NC(=O)C2CCCC2)n[nH]1. The summed E-state index contributed by atoms with van der Waals surface area (Å²) >= 11 is 0. The number of carbonyl (C=O) groups excluding carboxylic acids is 1. The van der Waals surface area contributed by atoms with Crippen molar-refractivity contribution in [3.63, 3.8) is 0 Å². The van der Waals surface area contributed by atoms with Gasteiger partial charge >= 0.3 is 0 Å². The van der Waals surface area contributed by atoms with Crippen LogP contribution in [0.1, 0.15) is 31.4 Å². The van der Waals surface area contributed by atoms with Gasteiger partial charge in [-0.3, -0.25) is 9.89 Å². The largest absolute Gasteiger partial charge is 0.309 e. The summed E-state index contributed by atoms with van der Waals surface area (Å²) in [7, 11) is 0. The van der Waals surface area contributed by atoms with Crippen LogP contribution < -0.4 is 5.32 Å². The molecular formula is C10H12N4O. The number of rotatable bonds is 2. The van der Waals surface area contributed by atoms with Crippen molar-refractivity contribution in [1.29, 1.82) is 5.26 Å². The Kier molecular flexibility index (Phi) is 2.68. The fourth-order valence-corrected chi connectivity index (χ4v) is 1.86. The highest BCUT2D eigenvalue weighted by molar-refractivity contribution is 5.91. The molecule has 5 nitrogen and oxygen atoms in total. The molecule has 1 amide bonds. The van der Waals surface area contributed by atoms with Crippen LogP contribution in [0.15, 0.2) is 6.07 Å². The third-order valence-electron chi connectivity index (χ3n) is 2.68. The minimum Gasteiger partial charge on any atom is -0.309 e. The van der Waals surface area contributed by atoms with E-state index in [1.54, 1.807) is 0 Å². The molecule has 0 atom stereocenters. The van der Waals surface area contributed by atoms with Crippen LogP contribution in [-0.4, -0.2) is 16.1 Å². The molecule has 1 aliphatic carbocycles. The summed E-state index contributed by atoms with van der Waals surface area (Å²) in [6.07, 6.45) is 4.17. The number of nitrogens with zero attached hydrogens (tertiary/aromatic N) is 2. The average Bonchev–Trinajstić information content (AvgIpc) is 2.87. The molecule has 1 saturated carbocycles. The van der Waals surface area contributed by atoms with Gasteiger partial charge in [-0.2, -0.15) is 10.4 Å². The first-order chi connectivity index (χ1) is 7.29. The van der Waals surface area contributed by atoms with Crippen molar-refractivity contribution in [2.75, 3.05) is 5.32 Å². The van der Waals surface area contributed by atoms with Gasteiger partial charge in [0, 0.05) is 12.0 Å². The zero-order chi connectivity index (χ0) is 10.7. The molecule has 15 heavy (non-hydrogen) atoms. The predicted molar refractivity (Wildman–Crippen MR) is 53.9 cm³/mol. The van der Waals surface area contributed by atoms with Crippen molar-refractivity contribution in [2.45, 2.75) is 25.7 Å². The van der Waals surface area contributed by atoms with Crippen molar-refractivity contribution in [3.05, 3.63) is 11.8 Å². The molecule has 5 heteroatoms. The minimum atomic E-state index is 0.0171. The Morgan fingerprint density at radius 2 is 2.33 bits per heavy atom. The number of H-pyrrole nitrogens is 1. The average molecular weight is 204 g/mol. The van der Waals surface area contributed by atoms with E-state index in [0.29, 0.717) is 11.5 Å². The van der Waals surface area contributed by atoms with E-state index in [4.69, 9.17) is 5.26 Å². The molecule has 0 aliphatic heterocycles. The zero-order valence-corrected chi connectivity index (χ0v) is 8.29. The summed E-state index contributed by atoms with van der Waals surface area (Å²) in [4.78, 5) is 11.7. The third kappa shape index (κ3) is 2.15. The van der Waals surface area contributed by atoms with Crippen LogP contribution in [0.25, 0.3) is 0 Å². The van der Waals surface area contributed by atoms with Gasteiger partial charge in [-0.25, -0.2) is 0 Å². The molecule has 1 fully saturated rings. The maximum Gasteiger partial charge on any atom is 0.228 e. The number of aromatic amines is 1. The number of aromatic nitrogens is 2. The van der Waals surface area contributed by atoms with Crippen LogP contribution in [0, 0.1) is 17.2 Å². The Bertz CT molecular complexity index is 398. The lowest BCUT2D eigenvalue weighted by Crippen LogP contribution is -2.20. The van der Waals surface area contributed by atoms with Crippen LogP contribution in [0.5, 0.6) is 0 Å². The number of nitrogens with one attached hydrogen (secondary N) is 2. The van der Waals surface area contributed by atoms with Gasteiger partial charge in [0.25, 0.3) is 0 Å². The maximum absolute atomic E-state index is 11.7. The second kappa shape index (κ2) is 4.13. The predicted octanol–water partition coefficient (Wildman–Crippen LogP) is 1.41. The third-order valence-corrected chi connectivity index (χ3v) is 2.68. The lowest BCUT2D eigenvalue weighted by Gasteiger charge is -2.07. The Balaban J connectivity index is 1.96. The highest BCUT2D eigenvalue weighted by atomic mass is 16.1. The molecule has 0 bridgehead atoms. The van der Waals surface area contributed by atoms with Crippen LogP contribution in [0.4, 0.5) is 5.82 Å². The van der Waals surface area contributed by atoms with Gasteiger partial charge < -0.3 is 5.32 Å². The summed E-state index contributed by atoms with van der Waals surface area (Å²) in [6.45, 7) is 0. The highest BCUT2D eigenvalue weighted by Crippen LogP contribution is 2.25. The van der Waals surface area contributed by atoms with E-state index in [2.05, 4.69) is 15.5 Å². The number of nitriles is 1. The van der Waals surface area contributed by atoms with Crippen molar-refractivity contribution < 1.29 is 4.79 Å². The molecule has 0 saturated heterocycles. The normalized spacial score (nSPS) is 16.2. The standard InChI is InChI=1S/C10H12N4O/c11-6-8-5-9(14-13-8)12-10(15)7-3-1-2-4-7/h5,7H,1-4H2,(H2,12,13,14,15). The fraction of sp³-hybridized carbons (Fsp3) is 0.500. The molecule has 78 valence electrons. The summed E-state index contributed by atoms with van der Waals surface area (Å²) in [5.41, 5.74) is 0.358. The first-order valence-electron chi connectivity index (χ1n) is 5.06. The van der Waals surface area contributed by atoms with Gasteiger partial charge in [0.2, 0.25) is 5.91 Å². The monoisotopic (exact) mass is 204 g/mol. The van der Waals surface area contributed by atoms with E-state index in [9.17, 15) is 4.79 Å². The maximum atomic E-state index is 11.7. The molecule has 1 heterocycles. The Labute approximate surface area is 87.5 Å². The molecule has 2 N–H and O–H groups in total. The van der Waals surface area contributed by atoms with Crippen molar-refractivity contribution >= 4 is 11.7 Å². The van der Waals surface area contributed by atoms with E-state index in [1.165, 1.54) is 6.07 Å². The number of carbonyl (C=O) groups is 1. The Hall–Kier alpha value is -1.83. The lowest BCUT2D eigenvalue weighted by atomic mass is 10.1. The summed E-state index contributed by atoms with van der Waals surface area (Å²) in [5, 5.41) is 17.6. The Morgan fingerprint density at radius 1 is 1.60 bits per heavy atom. The molecule has 1 aromatic heterocycles. The van der Waals surface area contributed by atoms with Crippen molar-refractivity contribution in [2.24, 2.45) is 5.92 Å².